The number of piperidine rings is 1. The number of hydrogen-bond acceptors (Lipinski definition) is 3. The minimum atomic E-state index is 0.0354. The summed E-state index contributed by atoms with van der Waals surface area (Å²) in [5.74, 6) is 2.46. The van der Waals surface area contributed by atoms with E-state index in [9.17, 15) is 4.79 Å². The van der Waals surface area contributed by atoms with Crippen LogP contribution in [0.1, 0.15) is 29.0 Å². The minimum absolute atomic E-state index is 0.0354. The minimum Gasteiger partial charge on any atom is -0.451 e. The molecule has 1 aromatic carbocycles. The quantitative estimate of drug-likeness (QED) is 0.860. The molecule has 0 radical (unpaired) electrons. The lowest BCUT2D eigenvalue weighted by molar-refractivity contribution is 0.0669. The lowest BCUT2D eigenvalue weighted by atomic mass is 9.99. The molecule has 0 bridgehead atoms. The highest BCUT2D eigenvalue weighted by atomic mass is 32.2. The van der Waals surface area contributed by atoms with Gasteiger partial charge >= 0.3 is 0 Å². The molecule has 2 heterocycles. The van der Waals surface area contributed by atoms with Crippen LogP contribution in [0.25, 0.3) is 11.0 Å². The Labute approximate surface area is 129 Å². The van der Waals surface area contributed by atoms with Crippen molar-refractivity contribution in [2.75, 3.05) is 25.1 Å². The standard InChI is InChI=1S/C17H21NO2S/c1-12-4-3-5-15-14(12)10-16(20-15)17(19)18-8-6-13(7-9-18)11-21-2/h3-5,10,13H,6-9,11H2,1-2H3. The summed E-state index contributed by atoms with van der Waals surface area (Å²) in [6, 6.07) is 7.81. The zero-order valence-electron chi connectivity index (χ0n) is 12.6. The van der Waals surface area contributed by atoms with Gasteiger partial charge in [0, 0.05) is 18.5 Å². The molecule has 1 aliphatic heterocycles. The van der Waals surface area contributed by atoms with Gasteiger partial charge in [0.05, 0.1) is 0 Å². The number of carbonyl (C=O) groups excluding carboxylic acids is 1. The van der Waals surface area contributed by atoms with Gasteiger partial charge in [0.2, 0.25) is 0 Å². The van der Waals surface area contributed by atoms with Crippen LogP contribution < -0.4 is 0 Å². The molecule has 1 aliphatic rings. The molecule has 0 N–H and O–H groups in total. The number of aryl methyl sites for hydroxylation is 1. The maximum Gasteiger partial charge on any atom is 0.289 e. The molecule has 112 valence electrons. The van der Waals surface area contributed by atoms with Crippen LogP contribution in [0.5, 0.6) is 0 Å². The first-order valence-corrected chi connectivity index (χ1v) is 8.86. The Kier molecular flexibility index (Phi) is 4.24. The number of carbonyl (C=O) groups is 1. The molecule has 2 aromatic rings. The van der Waals surface area contributed by atoms with Crippen molar-refractivity contribution in [2.24, 2.45) is 5.92 Å². The fraction of sp³-hybridized carbons (Fsp3) is 0.471. The second-order valence-electron chi connectivity index (χ2n) is 5.79. The summed E-state index contributed by atoms with van der Waals surface area (Å²) in [5.41, 5.74) is 1.95. The Morgan fingerprint density at radius 3 is 2.81 bits per heavy atom. The molecule has 21 heavy (non-hydrogen) atoms. The fourth-order valence-corrected chi connectivity index (χ4v) is 3.81. The number of fused-ring (bicyclic) bond motifs is 1. The average Bonchev–Trinajstić information content (AvgIpc) is 2.93. The summed E-state index contributed by atoms with van der Waals surface area (Å²) >= 11 is 1.90. The Bertz CT molecular complexity index is 641. The van der Waals surface area contributed by atoms with Crippen molar-refractivity contribution in [1.82, 2.24) is 4.90 Å². The van der Waals surface area contributed by atoms with E-state index in [4.69, 9.17) is 4.42 Å². The maximum atomic E-state index is 12.6. The SMILES string of the molecule is CSCC1CCN(C(=O)c2cc3c(C)cccc3o2)CC1. The van der Waals surface area contributed by atoms with E-state index in [1.165, 1.54) is 5.75 Å². The Balaban J connectivity index is 1.74. The Morgan fingerprint density at radius 2 is 2.14 bits per heavy atom. The fourth-order valence-electron chi connectivity index (χ4n) is 3.01. The van der Waals surface area contributed by atoms with Gasteiger partial charge in [0.15, 0.2) is 5.76 Å². The second kappa shape index (κ2) is 6.14. The third kappa shape index (κ3) is 2.95. The Morgan fingerprint density at radius 1 is 1.38 bits per heavy atom. The number of benzene rings is 1. The zero-order chi connectivity index (χ0) is 14.8. The monoisotopic (exact) mass is 303 g/mol. The van der Waals surface area contributed by atoms with E-state index in [0.29, 0.717) is 5.76 Å². The Hall–Kier alpha value is -1.42. The predicted octanol–water partition coefficient (Wildman–Crippen LogP) is 3.96. The molecular weight excluding hydrogens is 282 g/mol. The third-order valence-corrected chi connectivity index (χ3v) is 5.10. The van der Waals surface area contributed by atoms with Crippen LogP contribution in [-0.2, 0) is 0 Å². The van der Waals surface area contributed by atoms with Crippen molar-refractivity contribution in [3.8, 4) is 0 Å². The smallest absolute Gasteiger partial charge is 0.289 e. The van der Waals surface area contributed by atoms with Crippen LogP contribution in [0.15, 0.2) is 28.7 Å². The molecule has 0 spiro atoms. The number of likely N-dealkylation sites (tertiary alicyclic amines) is 1. The molecule has 1 aromatic heterocycles. The van der Waals surface area contributed by atoms with Crippen molar-refractivity contribution in [3.63, 3.8) is 0 Å². The highest BCUT2D eigenvalue weighted by Gasteiger charge is 2.25. The number of nitrogens with zero attached hydrogens (tertiary/aromatic N) is 1. The van der Waals surface area contributed by atoms with E-state index in [1.54, 1.807) is 0 Å². The molecule has 0 saturated carbocycles. The van der Waals surface area contributed by atoms with E-state index in [2.05, 4.69) is 6.26 Å². The molecule has 0 aliphatic carbocycles. The second-order valence-corrected chi connectivity index (χ2v) is 6.70. The van der Waals surface area contributed by atoms with Gasteiger partial charge in [0.25, 0.3) is 5.91 Å². The van der Waals surface area contributed by atoms with Crippen LogP contribution in [-0.4, -0.2) is 35.9 Å². The van der Waals surface area contributed by atoms with Gasteiger partial charge in [0.1, 0.15) is 5.58 Å². The molecule has 0 unspecified atom stereocenters. The molecule has 4 heteroatoms. The van der Waals surface area contributed by atoms with Gasteiger partial charge < -0.3 is 9.32 Å². The summed E-state index contributed by atoms with van der Waals surface area (Å²) < 4.78 is 5.74. The molecular formula is C17H21NO2S. The van der Waals surface area contributed by atoms with Gasteiger partial charge in [-0.25, -0.2) is 0 Å². The van der Waals surface area contributed by atoms with Crippen LogP contribution in [0.3, 0.4) is 0 Å². The van der Waals surface area contributed by atoms with Gasteiger partial charge in [-0.05, 0) is 55.4 Å². The number of rotatable bonds is 3. The molecule has 1 amide bonds. The third-order valence-electron chi connectivity index (χ3n) is 4.29. The molecule has 3 rings (SSSR count). The summed E-state index contributed by atoms with van der Waals surface area (Å²) in [5, 5.41) is 1.04. The topological polar surface area (TPSA) is 33.5 Å². The summed E-state index contributed by atoms with van der Waals surface area (Å²) in [7, 11) is 0. The molecule has 3 nitrogen and oxygen atoms in total. The van der Waals surface area contributed by atoms with Gasteiger partial charge in [-0.3, -0.25) is 4.79 Å². The van der Waals surface area contributed by atoms with Crippen LogP contribution >= 0.6 is 11.8 Å². The predicted molar refractivity (Wildman–Crippen MR) is 88.0 cm³/mol. The van der Waals surface area contributed by atoms with E-state index in [1.807, 2.05) is 47.9 Å². The molecule has 1 fully saturated rings. The first-order chi connectivity index (χ1) is 10.2. The molecule has 1 saturated heterocycles. The van der Waals surface area contributed by atoms with Crippen LogP contribution in [0, 0.1) is 12.8 Å². The van der Waals surface area contributed by atoms with Crippen molar-refractivity contribution < 1.29 is 9.21 Å². The van der Waals surface area contributed by atoms with E-state index < -0.39 is 0 Å². The van der Waals surface area contributed by atoms with Crippen LogP contribution in [0.2, 0.25) is 0 Å². The lowest BCUT2D eigenvalue weighted by Gasteiger charge is -2.31. The normalized spacial score (nSPS) is 16.6. The summed E-state index contributed by atoms with van der Waals surface area (Å²) in [6.07, 6.45) is 4.35. The van der Waals surface area contributed by atoms with Crippen molar-refractivity contribution in [2.45, 2.75) is 19.8 Å². The van der Waals surface area contributed by atoms with Gasteiger partial charge in [-0.2, -0.15) is 11.8 Å². The summed E-state index contributed by atoms with van der Waals surface area (Å²) in [6.45, 7) is 3.74. The average molecular weight is 303 g/mol. The van der Waals surface area contributed by atoms with E-state index >= 15 is 0 Å². The van der Waals surface area contributed by atoms with Crippen LogP contribution in [0.4, 0.5) is 0 Å². The highest BCUT2D eigenvalue weighted by Crippen LogP contribution is 2.26. The zero-order valence-corrected chi connectivity index (χ0v) is 13.4. The summed E-state index contributed by atoms with van der Waals surface area (Å²) in [4.78, 5) is 14.5. The number of amides is 1. The van der Waals surface area contributed by atoms with E-state index in [0.717, 1.165) is 48.4 Å². The first kappa shape index (κ1) is 14.5. The van der Waals surface area contributed by atoms with E-state index in [-0.39, 0.29) is 5.91 Å². The van der Waals surface area contributed by atoms with Crippen molar-refractivity contribution >= 4 is 28.6 Å². The van der Waals surface area contributed by atoms with Gasteiger partial charge in [-0.1, -0.05) is 12.1 Å². The maximum absolute atomic E-state index is 12.6. The lowest BCUT2D eigenvalue weighted by Crippen LogP contribution is -2.38. The van der Waals surface area contributed by atoms with Crippen molar-refractivity contribution in [3.05, 3.63) is 35.6 Å². The highest BCUT2D eigenvalue weighted by molar-refractivity contribution is 7.98. The number of hydrogen-bond donors (Lipinski definition) is 0. The van der Waals surface area contributed by atoms with Gasteiger partial charge in [-0.15, -0.1) is 0 Å². The number of thioether (sulfide) groups is 1. The number of furan rings is 1. The largest absolute Gasteiger partial charge is 0.451 e. The first-order valence-electron chi connectivity index (χ1n) is 7.46. The molecule has 0 atom stereocenters. The van der Waals surface area contributed by atoms with Crippen molar-refractivity contribution in [1.29, 1.82) is 0 Å².